The molecule has 1 aliphatic carbocycles. The molecule has 0 amide bonds. The molecule has 0 spiro atoms. The molecule has 0 saturated carbocycles. The van der Waals surface area contributed by atoms with E-state index in [2.05, 4.69) is 27.8 Å². The quantitative estimate of drug-likeness (QED) is 0.259. The van der Waals surface area contributed by atoms with Crippen molar-refractivity contribution < 1.29 is 50.9 Å². The summed E-state index contributed by atoms with van der Waals surface area (Å²) in [7, 11) is 0. The minimum atomic E-state index is -5.08. The van der Waals surface area contributed by atoms with Crippen LogP contribution in [0.2, 0.25) is 0 Å². The lowest BCUT2D eigenvalue weighted by molar-refractivity contribution is -0.193. The van der Waals surface area contributed by atoms with Crippen LogP contribution in [-0.2, 0) is 22.4 Å². The third-order valence-corrected chi connectivity index (χ3v) is 5.03. The van der Waals surface area contributed by atoms with Crippen molar-refractivity contribution >= 4 is 17.8 Å². The second kappa shape index (κ2) is 12.7. The highest BCUT2D eigenvalue weighted by Crippen LogP contribution is 2.43. The third kappa shape index (κ3) is 7.49. The summed E-state index contributed by atoms with van der Waals surface area (Å²) in [6.07, 6.45) is -5.16. The number of nitrogen functional groups attached to an aromatic ring is 1. The van der Waals surface area contributed by atoms with Gasteiger partial charge in [0.15, 0.2) is 0 Å². The van der Waals surface area contributed by atoms with Gasteiger partial charge in [-0.25, -0.2) is 14.6 Å². The van der Waals surface area contributed by atoms with E-state index in [1.54, 1.807) is 12.3 Å². The molecule has 0 fully saturated rings. The zero-order valence-electron chi connectivity index (χ0n) is 20.1. The largest absolute Gasteiger partial charge is 0.490 e. The Morgan fingerprint density at radius 3 is 2.20 bits per heavy atom. The molecule has 2 heterocycles. The van der Waals surface area contributed by atoms with Crippen LogP contribution in [0.5, 0.6) is 5.75 Å². The number of aryl methyl sites for hydroxylation is 1. The summed E-state index contributed by atoms with van der Waals surface area (Å²) in [6, 6.07) is 9.88. The summed E-state index contributed by atoms with van der Waals surface area (Å²) in [5.41, 5.74) is 11.9. The van der Waals surface area contributed by atoms with Crippen LogP contribution in [0.3, 0.4) is 0 Å². The molecule has 212 valence electrons. The van der Waals surface area contributed by atoms with E-state index in [-0.39, 0.29) is 5.82 Å². The van der Waals surface area contributed by atoms with Crippen molar-refractivity contribution in [1.29, 1.82) is 5.26 Å². The number of anilines is 1. The molecule has 1 aromatic carbocycles. The number of rotatable bonds is 4. The number of aromatic amines is 1. The number of aromatic nitrogens is 3. The Morgan fingerprint density at radius 1 is 1.10 bits per heavy atom. The predicted molar refractivity (Wildman–Crippen MR) is 127 cm³/mol. The number of hydrogen-bond acceptors (Lipinski definition) is 7. The number of nitrogens with zero attached hydrogens (tertiary/aromatic N) is 3. The van der Waals surface area contributed by atoms with Crippen molar-refractivity contribution in [1.82, 2.24) is 15.2 Å². The average Bonchev–Trinajstić information content (AvgIpc) is 3.36. The lowest BCUT2D eigenvalue weighted by atomic mass is 9.85. The van der Waals surface area contributed by atoms with Crippen molar-refractivity contribution in [3.63, 3.8) is 0 Å². The molecule has 40 heavy (non-hydrogen) atoms. The zero-order chi connectivity index (χ0) is 30.3. The molecule has 10 nitrogen and oxygen atoms in total. The normalized spacial score (nSPS) is 11.7. The first-order valence-corrected chi connectivity index (χ1v) is 10.8. The van der Waals surface area contributed by atoms with E-state index in [1.807, 2.05) is 24.3 Å². The van der Waals surface area contributed by atoms with Crippen LogP contribution in [0.25, 0.3) is 22.4 Å². The van der Waals surface area contributed by atoms with Gasteiger partial charge in [0, 0.05) is 22.4 Å². The molecule has 1 aliphatic rings. The Balaban J connectivity index is 0.000000333. The average molecular weight is 571 g/mol. The van der Waals surface area contributed by atoms with Gasteiger partial charge in [-0.15, -0.1) is 0 Å². The van der Waals surface area contributed by atoms with Gasteiger partial charge in [0.2, 0.25) is 0 Å². The Labute approximate surface area is 221 Å². The number of alkyl halides is 6. The molecule has 16 heteroatoms. The number of pyridine rings is 1. The molecule has 0 aliphatic heterocycles. The van der Waals surface area contributed by atoms with Crippen LogP contribution in [0.15, 0.2) is 43.1 Å². The maximum Gasteiger partial charge on any atom is 0.490 e. The molecular formula is C24H19F6N5O5. The number of carboxylic acid groups (broad SMARTS) is 2. The summed E-state index contributed by atoms with van der Waals surface area (Å²) < 4.78 is 69.3. The van der Waals surface area contributed by atoms with Gasteiger partial charge in [0.25, 0.3) is 0 Å². The van der Waals surface area contributed by atoms with E-state index < -0.39 is 24.3 Å². The van der Waals surface area contributed by atoms with Crippen LogP contribution in [0, 0.1) is 11.3 Å². The van der Waals surface area contributed by atoms with Gasteiger partial charge in [0.05, 0.1) is 11.9 Å². The first kappa shape index (κ1) is 31.1. The van der Waals surface area contributed by atoms with Crippen LogP contribution < -0.4 is 10.5 Å². The number of carbonyl (C=O) groups is 2. The van der Waals surface area contributed by atoms with Crippen molar-refractivity contribution in [3.05, 3.63) is 59.9 Å². The molecule has 2 aromatic heterocycles. The number of nitriles is 1. The maximum atomic E-state index is 10.6. The van der Waals surface area contributed by atoms with Gasteiger partial charge in [-0.1, -0.05) is 30.9 Å². The zero-order valence-corrected chi connectivity index (χ0v) is 20.1. The Kier molecular flexibility index (Phi) is 9.85. The minimum Gasteiger partial charge on any atom is -0.489 e. The number of halogens is 6. The fourth-order valence-corrected chi connectivity index (χ4v) is 3.42. The van der Waals surface area contributed by atoms with Gasteiger partial charge >= 0.3 is 24.3 Å². The fourth-order valence-electron chi connectivity index (χ4n) is 3.42. The summed E-state index contributed by atoms with van der Waals surface area (Å²) >= 11 is 0. The predicted octanol–water partition coefficient (Wildman–Crippen LogP) is 4.52. The van der Waals surface area contributed by atoms with E-state index in [0.717, 1.165) is 46.5 Å². The molecule has 0 unspecified atom stereocenters. The number of carboxylic acids is 2. The van der Waals surface area contributed by atoms with Crippen molar-refractivity contribution in [3.8, 4) is 34.2 Å². The summed E-state index contributed by atoms with van der Waals surface area (Å²) in [6.45, 7) is 4.08. The SMILES string of the molecule is C=CCOc1ccccc1-c1c(C#N)c(N)nc2c1CCc1[nH]ncc1-2.O=C(O)C(F)(F)F.O=C(O)C(F)(F)F. The molecule has 0 atom stereocenters. The number of aliphatic carboxylic acids is 2. The van der Waals surface area contributed by atoms with E-state index >= 15 is 0 Å². The highest BCUT2D eigenvalue weighted by atomic mass is 19.4. The third-order valence-electron chi connectivity index (χ3n) is 5.03. The van der Waals surface area contributed by atoms with Crippen LogP contribution >= 0.6 is 0 Å². The second-order valence-electron chi connectivity index (χ2n) is 7.65. The Hall–Kier alpha value is -5.07. The number of benzene rings is 1. The Bertz CT molecular complexity index is 1420. The number of nitrogens with two attached hydrogens (primary N) is 1. The molecule has 3 aromatic rings. The van der Waals surface area contributed by atoms with Gasteiger partial charge < -0.3 is 20.7 Å². The van der Waals surface area contributed by atoms with Crippen molar-refractivity contribution in [2.75, 3.05) is 12.3 Å². The number of ether oxygens (including phenoxy) is 1. The van der Waals surface area contributed by atoms with Gasteiger partial charge in [-0.3, -0.25) is 5.10 Å². The van der Waals surface area contributed by atoms with Crippen molar-refractivity contribution in [2.45, 2.75) is 25.2 Å². The van der Waals surface area contributed by atoms with Gasteiger partial charge in [-0.05, 0) is 24.5 Å². The number of H-pyrrole nitrogens is 1. The lowest BCUT2D eigenvalue weighted by Gasteiger charge is -2.22. The molecule has 5 N–H and O–H groups in total. The van der Waals surface area contributed by atoms with Crippen LogP contribution in [0.4, 0.5) is 32.2 Å². The molecular weight excluding hydrogens is 552 g/mol. The minimum absolute atomic E-state index is 0.217. The Morgan fingerprint density at radius 2 is 1.68 bits per heavy atom. The van der Waals surface area contributed by atoms with E-state index in [1.165, 1.54) is 0 Å². The van der Waals surface area contributed by atoms with Crippen molar-refractivity contribution in [2.24, 2.45) is 0 Å². The molecule has 0 radical (unpaired) electrons. The van der Waals surface area contributed by atoms with E-state index in [4.69, 9.17) is 30.3 Å². The molecule has 4 rings (SSSR count). The topological polar surface area (TPSA) is 175 Å². The summed E-state index contributed by atoms with van der Waals surface area (Å²) in [5.74, 6) is -4.61. The number of nitrogens with one attached hydrogen (secondary N) is 1. The number of fused-ring (bicyclic) bond motifs is 3. The van der Waals surface area contributed by atoms with Gasteiger partial charge in [-0.2, -0.15) is 36.7 Å². The molecule has 0 bridgehead atoms. The first-order valence-electron chi connectivity index (χ1n) is 10.8. The van der Waals surface area contributed by atoms with E-state index in [0.29, 0.717) is 17.9 Å². The highest BCUT2D eigenvalue weighted by Gasteiger charge is 2.39. The first-order chi connectivity index (χ1) is 18.6. The monoisotopic (exact) mass is 571 g/mol. The van der Waals surface area contributed by atoms with E-state index in [9.17, 15) is 31.6 Å². The number of para-hydroxylation sites is 1. The highest BCUT2D eigenvalue weighted by molar-refractivity contribution is 5.88. The smallest absolute Gasteiger partial charge is 0.489 e. The standard InChI is InChI=1S/C20H17N5O.2C2HF3O2/c1-2-9-26-17-6-4-3-5-12(17)18-13-7-8-16-15(11-23-25-16)19(13)24-20(22)14(18)10-21;2*3-2(4,5)1(6)7/h2-6,11H,1,7-9H2,(H2,22,24)(H,23,25);2*(H,6,7). The second-order valence-corrected chi connectivity index (χ2v) is 7.65. The van der Waals surface area contributed by atoms with Crippen LogP contribution in [-0.4, -0.2) is 56.3 Å². The van der Waals surface area contributed by atoms with Gasteiger partial charge in [0.1, 0.15) is 29.8 Å². The fraction of sp³-hybridized carbons (Fsp3) is 0.208. The molecule has 0 saturated heterocycles. The lowest BCUT2D eigenvalue weighted by Crippen LogP contribution is -2.21. The summed E-state index contributed by atoms with van der Waals surface area (Å²) in [5, 5.41) is 31.1. The maximum absolute atomic E-state index is 10.6. The number of hydrogen-bond donors (Lipinski definition) is 4. The van der Waals surface area contributed by atoms with Crippen LogP contribution in [0.1, 0.15) is 16.8 Å². The summed E-state index contributed by atoms with van der Waals surface area (Å²) in [4.78, 5) is 22.3.